The SMILES string of the molecule is Cn1c(=O)ncc2cnc(Nc3ccc(N4CCC(CCCN5CCOCC5)CC4)cc3)nc21. The number of hydrogen-bond acceptors (Lipinski definition) is 8. The summed E-state index contributed by atoms with van der Waals surface area (Å²) in [4.78, 5) is 29.5. The zero-order chi connectivity index (χ0) is 23.3. The molecule has 2 aliphatic rings. The molecule has 0 bridgehead atoms. The van der Waals surface area contributed by atoms with Crippen LogP contribution in [0.5, 0.6) is 0 Å². The molecule has 0 spiro atoms. The van der Waals surface area contributed by atoms with Crippen molar-refractivity contribution in [3.63, 3.8) is 0 Å². The van der Waals surface area contributed by atoms with Crippen LogP contribution in [-0.4, -0.2) is 70.4 Å². The van der Waals surface area contributed by atoms with Gasteiger partial charge in [-0.2, -0.15) is 4.98 Å². The third-order valence-corrected chi connectivity index (χ3v) is 7.01. The van der Waals surface area contributed by atoms with E-state index in [1.807, 2.05) is 0 Å². The Labute approximate surface area is 199 Å². The number of nitrogens with one attached hydrogen (secondary N) is 1. The summed E-state index contributed by atoms with van der Waals surface area (Å²) in [6, 6.07) is 8.43. The highest BCUT2D eigenvalue weighted by Gasteiger charge is 2.20. The van der Waals surface area contributed by atoms with E-state index in [0.29, 0.717) is 11.6 Å². The molecule has 9 nitrogen and oxygen atoms in total. The first-order valence-corrected chi connectivity index (χ1v) is 12.3. The van der Waals surface area contributed by atoms with E-state index in [1.54, 1.807) is 13.2 Å². The number of hydrogen-bond donors (Lipinski definition) is 1. The van der Waals surface area contributed by atoms with Gasteiger partial charge in [0.1, 0.15) is 0 Å². The molecule has 34 heavy (non-hydrogen) atoms. The Morgan fingerprint density at radius 1 is 1.03 bits per heavy atom. The van der Waals surface area contributed by atoms with Crippen LogP contribution < -0.4 is 15.9 Å². The summed E-state index contributed by atoms with van der Waals surface area (Å²) >= 11 is 0. The van der Waals surface area contributed by atoms with Crippen LogP contribution in [0.25, 0.3) is 11.0 Å². The molecule has 0 aliphatic carbocycles. The van der Waals surface area contributed by atoms with E-state index < -0.39 is 0 Å². The van der Waals surface area contributed by atoms with Crippen molar-refractivity contribution in [2.45, 2.75) is 25.7 Å². The molecule has 1 N–H and O–H groups in total. The van der Waals surface area contributed by atoms with E-state index >= 15 is 0 Å². The van der Waals surface area contributed by atoms with Gasteiger partial charge in [-0.15, -0.1) is 0 Å². The molecule has 0 radical (unpaired) electrons. The number of aryl methyl sites for hydroxylation is 1. The average molecular weight is 464 g/mol. The molecule has 1 aromatic carbocycles. The van der Waals surface area contributed by atoms with Gasteiger partial charge >= 0.3 is 5.69 Å². The highest BCUT2D eigenvalue weighted by Crippen LogP contribution is 2.27. The second kappa shape index (κ2) is 10.5. The molecule has 4 heterocycles. The van der Waals surface area contributed by atoms with Gasteiger partial charge in [0.15, 0.2) is 5.65 Å². The smallest absolute Gasteiger partial charge is 0.348 e. The average Bonchev–Trinajstić information content (AvgIpc) is 2.88. The van der Waals surface area contributed by atoms with Crippen LogP contribution in [0, 0.1) is 5.92 Å². The van der Waals surface area contributed by atoms with E-state index in [-0.39, 0.29) is 5.69 Å². The molecule has 2 aromatic heterocycles. The predicted octanol–water partition coefficient (Wildman–Crippen LogP) is 2.80. The van der Waals surface area contributed by atoms with Crippen molar-refractivity contribution in [1.82, 2.24) is 24.4 Å². The fraction of sp³-hybridized carbons (Fsp3) is 0.520. The second-order valence-electron chi connectivity index (χ2n) is 9.27. The van der Waals surface area contributed by atoms with Crippen LogP contribution in [0.4, 0.5) is 17.3 Å². The van der Waals surface area contributed by atoms with Gasteiger partial charge in [0.2, 0.25) is 5.95 Å². The van der Waals surface area contributed by atoms with Crippen LogP contribution in [0.3, 0.4) is 0 Å². The molecule has 180 valence electrons. The standard InChI is InChI=1S/C25H33N7O2/c1-30-23-20(18-27-25(30)33)17-26-24(29-23)28-21-4-6-22(7-5-21)32-11-8-19(9-12-32)3-2-10-31-13-15-34-16-14-31/h4-7,17-19H,2-3,8-16H2,1H3,(H,26,28,29). The third-order valence-electron chi connectivity index (χ3n) is 7.01. The van der Waals surface area contributed by atoms with E-state index in [9.17, 15) is 4.79 Å². The lowest BCUT2D eigenvalue weighted by atomic mass is 9.92. The van der Waals surface area contributed by atoms with Gasteiger partial charge in [0.05, 0.1) is 18.6 Å². The Kier molecular flexibility index (Phi) is 7.01. The van der Waals surface area contributed by atoms with Crippen LogP contribution in [0.1, 0.15) is 25.7 Å². The minimum atomic E-state index is -0.331. The van der Waals surface area contributed by atoms with Crippen molar-refractivity contribution in [2.24, 2.45) is 13.0 Å². The topological polar surface area (TPSA) is 88.4 Å². The number of benzene rings is 1. The third kappa shape index (κ3) is 5.37. The monoisotopic (exact) mass is 463 g/mol. The van der Waals surface area contributed by atoms with E-state index in [0.717, 1.165) is 56.4 Å². The summed E-state index contributed by atoms with van der Waals surface area (Å²) in [7, 11) is 1.66. The molecule has 0 atom stereocenters. The lowest BCUT2D eigenvalue weighted by molar-refractivity contribution is 0.0365. The summed E-state index contributed by atoms with van der Waals surface area (Å²) in [5.41, 5.74) is 2.40. The number of anilines is 3. The first-order valence-electron chi connectivity index (χ1n) is 12.3. The molecule has 2 aliphatic heterocycles. The van der Waals surface area contributed by atoms with E-state index in [1.165, 1.54) is 48.7 Å². The van der Waals surface area contributed by atoms with Crippen molar-refractivity contribution < 1.29 is 4.74 Å². The zero-order valence-corrected chi connectivity index (χ0v) is 19.8. The molecule has 2 saturated heterocycles. The lowest BCUT2D eigenvalue weighted by Crippen LogP contribution is -2.37. The number of aromatic nitrogens is 4. The first kappa shape index (κ1) is 22.7. The molecule has 2 fully saturated rings. The maximum Gasteiger partial charge on any atom is 0.348 e. The van der Waals surface area contributed by atoms with Crippen LogP contribution in [0.15, 0.2) is 41.5 Å². The predicted molar refractivity (Wildman–Crippen MR) is 134 cm³/mol. The summed E-state index contributed by atoms with van der Waals surface area (Å²) < 4.78 is 6.87. The van der Waals surface area contributed by atoms with Crippen LogP contribution in [-0.2, 0) is 11.8 Å². The lowest BCUT2D eigenvalue weighted by Gasteiger charge is -2.34. The fourth-order valence-electron chi connectivity index (χ4n) is 4.90. The number of fused-ring (bicyclic) bond motifs is 1. The molecule has 0 amide bonds. The minimum Gasteiger partial charge on any atom is -0.379 e. The van der Waals surface area contributed by atoms with Crippen molar-refractivity contribution in [3.8, 4) is 0 Å². The Hall–Kier alpha value is -3.04. The highest BCUT2D eigenvalue weighted by molar-refractivity contribution is 5.74. The van der Waals surface area contributed by atoms with Gasteiger partial charge in [0.25, 0.3) is 0 Å². The summed E-state index contributed by atoms with van der Waals surface area (Å²) in [5.74, 6) is 1.30. The van der Waals surface area contributed by atoms with Gasteiger partial charge in [0, 0.05) is 57.0 Å². The quantitative estimate of drug-likeness (QED) is 0.572. The van der Waals surface area contributed by atoms with E-state index in [2.05, 4.69) is 54.3 Å². The van der Waals surface area contributed by atoms with Crippen molar-refractivity contribution in [1.29, 1.82) is 0 Å². The fourth-order valence-corrected chi connectivity index (χ4v) is 4.90. The van der Waals surface area contributed by atoms with Crippen molar-refractivity contribution in [3.05, 3.63) is 47.1 Å². The maximum atomic E-state index is 11.8. The molecule has 9 heteroatoms. The Bertz CT molecular complexity index is 1150. The Morgan fingerprint density at radius 2 is 1.76 bits per heavy atom. The van der Waals surface area contributed by atoms with Crippen molar-refractivity contribution in [2.75, 3.05) is 56.2 Å². The highest BCUT2D eigenvalue weighted by atomic mass is 16.5. The van der Waals surface area contributed by atoms with Gasteiger partial charge in [-0.3, -0.25) is 9.47 Å². The zero-order valence-electron chi connectivity index (χ0n) is 19.8. The maximum absolute atomic E-state index is 11.8. The summed E-state index contributed by atoms with van der Waals surface area (Å²) in [5, 5.41) is 3.97. The second-order valence-corrected chi connectivity index (χ2v) is 9.27. The molecule has 3 aromatic rings. The largest absolute Gasteiger partial charge is 0.379 e. The molecular weight excluding hydrogens is 430 g/mol. The molecular formula is C25H33N7O2. The van der Waals surface area contributed by atoms with Crippen molar-refractivity contribution >= 4 is 28.4 Å². The normalized spacial score (nSPS) is 17.9. The van der Waals surface area contributed by atoms with Gasteiger partial charge in [-0.1, -0.05) is 0 Å². The molecule has 0 saturated carbocycles. The van der Waals surface area contributed by atoms with Crippen LogP contribution in [0.2, 0.25) is 0 Å². The van der Waals surface area contributed by atoms with Gasteiger partial charge < -0.3 is 15.0 Å². The van der Waals surface area contributed by atoms with Crippen LogP contribution >= 0.6 is 0 Å². The summed E-state index contributed by atoms with van der Waals surface area (Å²) in [6.45, 7) is 7.41. The summed E-state index contributed by atoms with van der Waals surface area (Å²) in [6.07, 6.45) is 8.34. The number of piperidine rings is 1. The number of rotatable bonds is 7. The number of nitrogens with zero attached hydrogens (tertiary/aromatic N) is 6. The molecule has 5 rings (SSSR count). The minimum absolute atomic E-state index is 0.331. The van der Waals surface area contributed by atoms with Gasteiger partial charge in [-0.25, -0.2) is 14.8 Å². The first-order chi connectivity index (χ1) is 16.7. The Morgan fingerprint density at radius 3 is 2.53 bits per heavy atom. The number of morpholine rings is 1. The number of ether oxygens (including phenoxy) is 1. The van der Waals surface area contributed by atoms with E-state index in [4.69, 9.17) is 4.74 Å². The molecule has 0 unspecified atom stereocenters. The Balaban J connectivity index is 1.12. The van der Waals surface area contributed by atoms with Gasteiger partial charge in [-0.05, 0) is 62.4 Å².